The van der Waals surface area contributed by atoms with Gasteiger partial charge < -0.3 is 0 Å². The van der Waals surface area contributed by atoms with E-state index < -0.39 is 0 Å². The van der Waals surface area contributed by atoms with Gasteiger partial charge in [-0.3, -0.25) is 4.98 Å². The first-order chi connectivity index (χ1) is 6.12. The molecule has 0 aliphatic heterocycles. The highest BCUT2D eigenvalue weighted by Gasteiger charge is 2.21. The van der Waals surface area contributed by atoms with Crippen LogP contribution in [0.15, 0.2) is 18.3 Å². The summed E-state index contributed by atoms with van der Waals surface area (Å²) in [4.78, 5) is 4.12. The summed E-state index contributed by atoms with van der Waals surface area (Å²) < 4.78 is 0. The predicted molar refractivity (Wildman–Crippen MR) is 57.6 cm³/mol. The Labute approximate surface area is 82.0 Å². The molecule has 0 aromatic carbocycles. The minimum atomic E-state index is 0.251. The van der Waals surface area contributed by atoms with Crippen LogP contribution in [0.5, 0.6) is 0 Å². The highest BCUT2D eigenvalue weighted by atomic mass is 14.6. The Hall–Kier alpha value is -0.785. The van der Waals surface area contributed by atoms with Crippen molar-refractivity contribution in [3.63, 3.8) is 0 Å². The van der Waals surface area contributed by atoms with Crippen molar-refractivity contribution in [3.05, 3.63) is 23.9 Å². The summed E-state index contributed by atoms with van der Waals surface area (Å²) in [5.41, 5.74) is 2.13. The molecule has 1 heterocycles. The quantitative estimate of drug-likeness (QED) is 0.636. The molecular formula is C11H16BN. The number of hydrogen-bond acceptors (Lipinski definition) is 1. The highest BCUT2D eigenvalue weighted by molar-refractivity contribution is 6.30. The van der Waals surface area contributed by atoms with Gasteiger partial charge >= 0.3 is 0 Å². The lowest BCUT2D eigenvalue weighted by Gasteiger charge is -2.26. The van der Waals surface area contributed by atoms with Crippen LogP contribution in [0.25, 0.3) is 0 Å². The van der Waals surface area contributed by atoms with Crippen molar-refractivity contribution in [3.8, 4) is 0 Å². The van der Waals surface area contributed by atoms with Crippen molar-refractivity contribution < 1.29 is 0 Å². The zero-order chi connectivity index (χ0) is 9.90. The fourth-order valence-electron chi connectivity index (χ4n) is 1.42. The van der Waals surface area contributed by atoms with E-state index in [0.29, 0.717) is 5.59 Å². The molecule has 2 heteroatoms. The largest absolute Gasteiger partial charge is 0.273 e. The van der Waals surface area contributed by atoms with Crippen LogP contribution in [0.4, 0.5) is 0 Å². The van der Waals surface area contributed by atoms with Crippen LogP contribution >= 0.6 is 0 Å². The zero-order valence-electron chi connectivity index (χ0n) is 8.67. The molecule has 0 unspecified atom stereocenters. The molecule has 68 valence electrons. The summed E-state index contributed by atoms with van der Waals surface area (Å²) in [5.74, 6) is 0. The first kappa shape index (κ1) is 10.3. The molecule has 1 rings (SSSR count). The molecule has 0 amide bonds. The van der Waals surface area contributed by atoms with Crippen molar-refractivity contribution in [2.75, 3.05) is 0 Å². The van der Waals surface area contributed by atoms with Gasteiger partial charge in [0.25, 0.3) is 0 Å². The molecule has 0 bridgehead atoms. The number of pyridine rings is 1. The summed E-state index contributed by atoms with van der Waals surface area (Å²) in [6.45, 7) is 6.68. The van der Waals surface area contributed by atoms with Gasteiger partial charge in [0, 0.05) is 6.20 Å². The second kappa shape index (κ2) is 3.95. The Balaban J connectivity index is 2.99. The number of rotatable bonds is 3. The minimum absolute atomic E-state index is 0.251. The van der Waals surface area contributed by atoms with Crippen LogP contribution in [0.2, 0.25) is 0 Å². The van der Waals surface area contributed by atoms with Crippen molar-refractivity contribution in [2.24, 2.45) is 0 Å². The SMILES string of the molecule is [B]c1ccc(C(C)(CC)CC)cn1. The third-order valence-electron chi connectivity index (χ3n) is 3.04. The summed E-state index contributed by atoms with van der Waals surface area (Å²) in [6.07, 6.45) is 4.16. The Kier molecular flexibility index (Phi) is 3.13. The van der Waals surface area contributed by atoms with Crippen molar-refractivity contribution >= 4 is 13.4 Å². The minimum Gasteiger partial charge on any atom is -0.273 e. The molecule has 0 atom stereocenters. The van der Waals surface area contributed by atoms with Gasteiger partial charge in [0.2, 0.25) is 0 Å². The van der Waals surface area contributed by atoms with Gasteiger partial charge in [0.15, 0.2) is 0 Å². The van der Waals surface area contributed by atoms with Crippen LogP contribution in [0.1, 0.15) is 39.2 Å². The van der Waals surface area contributed by atoms with Crippen LogP contribution in [0, 0.1) is 0 Å². The smallest absolute Gasteiger partial charge is 0.141 e. The molecule has 0 N–H and O–H groups in total. The van der Waals surface area contributed by atoms with Crippen molar-refractivity contribution in [1.29, 1.82) is 0 Å². The average Bonchev–Trinajstić information content (AvgIpc) is 2.18. The molecule has 1 nitrogen and oxygen atoms in total. The second-order valence-corrected chi connectivity index (χ2v) is 3.74. The third-order valence-corrected chi connectivity index (χ3v) is 3.04. The predicted octanol–water partition coefficient (Wildman–Crippen LogP) is 1.95. The maximum absolute atomic E-state index is 5.54. The summed E-state index contributed by atoms with van der Waals surface area (Å²) >= 11 is 0. The first-order valence-electron chi connectivity index (χ1n) is 4.84. The lowest BCUT2D eigenvalue weighted by molar-refractivity contribution is 0.437. The molecular weight excluding hydrogens is 157 g/mol. The van der Waals surface area contributed by atoms with Gasteiger partial charge in [-0.25, -0.2) is 0 Å². The maximum atomic E-state index is 5.54. The average molecular weight is 173 g/mol. The van der Waals surface area contributed by atoms with Gasteiger partial charge in [0.1, 0.15) is 7.85 Å². The van der Waals surface area contributed by atoms with Gasteiger partial charge in [-0.2, -0.15) is 0 Å². The molecule has 1 aromatic rings. The van der Waals surface area contributed by atoms with E-state index in [1.807, 2.05) is 12.3 Å². The normalized spacial score (nSPS) is 11.6. The third kappa shape index (κ3) is 2.12. The standard InChI is InChI=1S/C11H16BN/c1-4-11(3,5-2)9-6-7-10(12)13-8-9/h6-8H,4-5H2,1-3H3. The van der Waals surface area contributed by atoms with Crippen LogP contribution in [0.3, 0.4) is 0 Å². The van der Waals surface area contributed by atoms with Gasteiger partial charge in [0.05, 0.1) is 0 Å². The lowest BCUT2D eigenvalue weighted by Crippen LogP contribution is -2.21. The van der Waals surface area contributed by atoms with Crippen molar-refractivity contribution in [2.45, 2.75) is 39.0 Å². The van der Waals surface area contributed by atoms with E-state index in [1.54, 1.807) is 0 Å². The van der Waals surface area contributed by atoms with Crippen molar-refractivity contribution in [1.82, 2.24) is 4.98 Å². The Morgan fingerprint density at radius 2 is 1.92 bits per heavy atom. The molecule has 0 saturated carbocycles. The summed E-state index contributed by atoms with van der Waals surface area (Å²) in [5, 5.41) is 0. The summed E-state index contributed by atoms with van der Waals surface area (Å²) in [7, 11) is 5.54. The number of hydrogen-bond donors (Lipinski definition) is 0. The molecule has 2 radical (unpaired) electrons. The van der Waals surface area contributed by atoms with Crippen LogP contribution in [-0.2, 0) is 5.41 Å². The number of nitrogens with zero attached hydrogens (tertiary/aromatic N) is 1. The topological polar surface area (TPSA) is 12.9 Å². The number of aromatic nitrogens is 1. The van der Waals surface area contributed by atoms with Gasteiger partial charge in [-0.05, 0) is 29.4 Å². The highest BCUT2D eigenvalue weighted by Crippen LogP contribution is 2.29. The van der Waals surface area contributed by atoms with E-state index in [-0.39, 0.29) is 5.41 Å². The fraction of sp³-hybridized carbons (Fsp3) is 0.545. The zero-order valence-corrected chi connectivity index (χ0v) is 8.67. The van der Waals surface area contributed by atoms with Crippen LogP contribution in [-0.4, -0.2) is 12.8 Å². The Bertz CT molecular complexity index is 262. The molecule has 0 aliphatic rings. The first-order valence-corrected chi connectivity index (χ1v) is 4.84. The maximum Gasteiger partial charge on any atom is 0.141 e. The fourth-order valence-corrected chi connectivity index (χ4v) is 1.42. The molecule has 13 heavy (non-hydrogen) atoms. The van der Waals surface area contributed by atoms with E-state index in [9.17, 15) is 0 Å². The van der Waals surface area contributed by atoms with E-state index in [0.717, 1.165) is 12.8 Å². The van der Waals surface area contributed by atoms with E-state index in [2.05, 4.69) is 31.8 Å². The Morgan fingerprint density at radius 3 is 2.31 bits per heavy atom. The Morgan fingerprint density at radius 1 is 1.31 bits per heavy atom. The summed E-state index contributed by atoms with van der Waals surface area (Å²) in [6, 6.07) is 3.95. The molecule has 0 aliphatic carbocycles. The molecule has 0 spiro atoms. The molecule has 1 aromatic heterocycles. The van der Waals surface area contributed by atoms with E-state index in [1.165, 1.54) is 5.56 Å². The molecule has 0 fully saturated rings. The van der Waals surface area contributed by atoms with Crippen LogP contribution < -0.4 is 5.59 Å². The molecule has 0 saturated heterocycles. The monoisotopic (exact) mass is 173 g/mol. The van der Waals surface area contributed by atoms with E-state index in [4.69, 9.17) is 7.85 Å². The lowest BCUT2D eigenvalue weighted by atomic mass is 9.78. The van der Waals surface area contributed by atoms with Gasteiger partial charge in [-0.15, -0.1) is 0 Å². The van der Waals surface area contributed by atoms with E-state index >= 15 is 0 Å². The van der Waals surface area contributed by atoms with Gasteiger partial charge in [-0.1, -0.05) is 32.9 Å². The second-order valence-electron chi connectivity index (χ2n) is 3.74.